The van der Waals surface area contributed by atoms with Crippen LogP contribution in [0.25, 0.3) is 77.5 Å². The summed E-state index contributed by atoms with van der Waals surface area (Å²) in [6.45, 7) is 4.73. The predicted octanol–water partition coefficient (Wildman–Crippen LogP) is 17.0. The number of nitrogens with zero attached hydrogens (tertiary/aromatic N) is 1. The van der Waals surface area contributed by atoms with Gasteiger partial charge >= 0.3 is 0 Å². The van der Waals surface area contributed by atoms with Crippen LogP contribution in [0.3, 0.4) is 0 Å². The Hall–Kier alpha value is -7.74. The van der Waals surface area contributed by atoms with Gasteiger partial charge in [0.25, 0.3) is 0 Å². The van der Waals surface area contributed by atoms with Gasteiger partial charge in [0, 0.05) is 22.5 Å². The molecule has 0 fully saturated rings. The van der Waals surface area contributed by atoms with E-state index in [0.717, 1.165) is 22.6 Å². The number of benzene rings is 10. The summed E-state index contributed by atoms with van der Waals surface area (Å²) in [7, 11) is 0. The molecule has 0 bridgehead atoms. The van der Waals surface area contributed by atoms with E-state index in [1.54, 1.807) is 0 Å². The number of rotatable bonds is 8. The van der Waals surface area contributed by atoms with Gasteiger partial charge in [0.15, 0.2) is 0 Å². The summed E-state index contributed by atoms with van der Waals surface area (Å²) >= 11 is 0. The quantitative estimate of drug-likeness (QED) is 0.148. The molecule has 1 heteroatoms. The minimum absolute atomic E-state index is 0.107. The highest BCUT2D eigenvalue weighted by atomic mass is 15.1. The van der Waals surface area contributed by atoms with Crippen molar-refractivity contribution in [1.82, 2.24) is 0 Å². The molecule has 62 heavy (non-hydrogen) atoms. The first kappa shape index (κ1) is 37.3. The van der Waals surface area contributed by atoms with E-state index in [0.29, 0.717) is 0 Å². The van der Waals surface area contributed by atoms with Crippen LogP contribution in [0.15, 0.2) is 237 Å². The second kappa shape index (κ2) is 15.4. The molecule has 0 aliphatic heterocycles. The highest BCUT2D eigenvalue weighted by molar-refractivity contribution is 5.97. The Morgan fingerprint density at radius 2 is 0.790 bits per heavy atom. The molecule has 294 valence electrons. The summed E-state index contributed by atoms with van der Waals surface area (Å²) in [6.07, 6.45) is 0. The molecule has 1 aliphatic rings. The lowest BCUT2D eigenvalue weighted by Gasteiger charge is -2.28. The fraction of sp³-hybridized carbons (Fsp3) is 0.0492. The summed E-state index contributed by atoms with van der Waals surface area (Å²) in [4.78, 5) is 2.43. The molecule has 10 aromatic rings. The van der Waals surface area contributed by atoms with E-state index < -0.39 is 0 Å². The van der Waals surface area contributed by atoms with Crippen molar-refractivity contribution in [2.75, 3.05) is 4.90 Å². The summed E-state index contributed by atoms with van der Waals surface area (Å²) in [5.74, 6) is 0. The van der Waals surface area contributed by atoms with E-state index in [9.17, 15) is 0 Å². The van der Waals surface area contributed by atoms with Gasteiger partial charge in [-0.3, -0.25) is 0 Å². The van der Waals surface area contributed by atoms with E-state index in [4.69, 9.17) is 0 Å². The molecule has 0 saturated carbocycles. The maximum absolute atomic E-state index is 2.43. The second-order valence-corrected chi connectivity index (χ2v) is 16.9. The molecule has 10 aromatic carbocycles. The zero-order valence-electron chi connectivity index (χ0n) is 35.0. The van der Waals surface area contributed by atoms with Crippen molar-refractivity contribution in [3.63, 3.8) is 0 Å². The smallest absolute Gasteiger partial charge is 0.0473 e. The van der Waals surface area contributed by atoms with E-state index >= 15 is 0 Å². The van der Waals surface area contributed by atoms with Crippen molar-refractivity contribution in [2.24, 2.45) is 0 Å². The largest absolute Gasteiger partial charge is 0.310 e. The zero-order valence-corrected chi connectivity index (χ0v) is 35.0. The van der Waals surface area contributed by atoms with Gasteiger partial charge in [-0.1, -0.05) is 202 Å². The third kappa shape index (κ3) is 6.60. The molecule has 11 rings (SSSR count). The SMILES string of the molecule is CC1(C)c2ccccc2-c2cccc(-c3ccc(N(c4cccc(-c5cccc(-c6cccc7ccccc67)c5)c4)c4cc(-c5ccccc5)cc(-c5ccccc5)c4)cc3)c21. The average Bonchev–Trinajstić information content (AvgIpc) is 3.58. The first-order chi connectivity index (χ1) is 30.5. The molecule has 0 atom stereocenters. The molecular weight excluding hydrogens is 747 g/mol. The van der Waals surface area contributed by atoms with E-state index in [2.05, 4.69) is 255 Å². The Kier molecular flexibility index (Phi) is 9.24. The van der Waals surface area contributed by atoms with Crippen molar-refractivity contribution in [2.45, 2.75) is 19.3 Å². The van der Waals surface area contributed by atoms with Crippen LogP contribution < -0.4 is 4.90 Å². The summed E-state index contributed by atoms with van der Waals surface area (Å²) in [5.41, 5.74) is 20.6. The van der Waals surface area contributed by atoms with Gasteiger partial charge in [0.1, 0.15) is 0 Å². The van der Waals surface area contributed by atoms with E-state index in [1.807, 2.05) is 0 Å². The first-order valence-electron chi connectivity index (χ1n) is 21.6. The Morgan fingerprint density at radius 3 is 1.55 bits per heavy atom. The maximum Gasteiger partial charge on any atom is 0.0473 e. The Morgan fingerprint density at radius 1 is 0.290 bits per heavy atom. The van der Waals surface area contributed by atoms with E-state index in [-0.39, 0.29) is 5.41 Å². The van der Waals surface area contributed by atoms with Gasteiger partial charge in [-0.25, -0.2) is 0 Å². The molecule has 0 spiro atoms. The van der Waals surface area contributed by atoms with Gasteiger partial charge in [0.2, 0.25) is 0 Å². The molecular formula is C61H45N. The van der Waals surface area contributed by atoms with Crippen LogP contribution in [0, 0.1) is 0 Å². The normalized spacial score (nSPS) is 12.5. The van der Waals surface area contributed by atoms with Gasteiger partial charge in [-0.15, -0.1) is 0 Å². The molecule has 0 radical (unpaired) electrons. The summed E-state index contributed by atoms with van der Waals surface area (Å²) in [5, 5.41) is 2.51. The highest BCUT2D eigenvalue weighted by Gasteiger charge is 2.37. The highest BCUT2D eigenvalue weighted by Crippen LogP contribution is 2.52. The third-order valence-corrected chi connectivity index (χ3v) is 12.8. The number of anilines is 3. The lowest BCUT2D eigenvalue weighted by Crippen LogP contribution is -2.16. The molecule has 0 aromatic heterocycles. The third-order valence-electron chi connectivity index (χ3n) is 12.8. The fourth-order valence-corrected chi connectivity index (χ4v) is 9.83. The van der Waals surface area contributed by atoms with Crippen LogP contribution in [-0.4, -0.2) is 0 Å². The summed E-state index contributed by atoms with van der Waals surface area (Å²) < 4.78 is 0. The number of hydrogen-bond acceptors (Lipinski definition) is 1. The van der Waals surface area contributed by atoms with Crippen molar-refractivity contribution in [3.05, 3.63) is 248 Å². The second-order valence-electron chi connectivity index (χ2n) is 16.9. The monoisotopic (exact) mass is 791 g/mol. The molecule has 1 nitrogen and oxygen atoms in total. The molecule has 1 aliphatic carbocycles. The van der Waals surface area contributed by atoms with Gasteiger partial charge < -0.3 is 4.90 Å². The minimum atomic E-state index is -0.107. The van der Waals surface area contributed by atoms with Gasteiger partial charge in [-0.05, 0) is 137 Å². The summed E-state index contributed by atoms with van der Waals surface area (Å²) in [6, 6.07) is 86.6. The molecule has 0 amide bonds. The average molecular weight is 792 g/mol. The minimum Gasteiger partial charge on any atom is -0.310 e. The number of hydrogen-bond donors (Lipinski definition) is 0. The van der Waals surface area contributed by atoms with Crippen LogP contribution in [-0.2, 0) is 5.41 Å². The van der Waals surface area contributed by atoms with Crippen LogP contribution in [0.2, 0.25) is 0 Å². The maximum atomic E-state index is 2.43. The lowest BCUT2D eigenvalue weighted by molar-refractivity contribution is 0.662. The molecule has 0 N–H and O–H groups in total. The van der Waals surface area contributed by atoms with Crippen LogP contribution in [0.4, 0.5) is 17.1 Å². The molecule has 0 heterocycles. The van der Waals surface area contributed by atoms with Crippen LogP contribution in [0.5, 0.6) is 0 Å². The Balaban J connectivity index is 1.06. The standard InChI is InChI=1S/C61H45N/c1-61(2)59-32-12-11-28-57(59)58-31-16-30-56(60(58)61)45-33-35-51(36-34-45)62(53-40-49(42-17-5-3-6-18-42)38-50(41-53)43-19-7-4-8-20-43)52-26-14-24-47(39-52)46-23-13-25-48(37-46)55-29-15-22-44-21-9-10-27-54(44)55/h3-41H,1-2H3. The van der Waals surface area contributed by atoms with E-state index in [1.165, 1.54) is 83.1 Å². The predicted molar refractivity (Wildman–Crippen MR) is 263 cm³/mol. The number of fused-ring (bicyclic) bond motifs is 4. The van der Waals surface area contributed by atoms with Crippen molar-refractivity contribution in [3.8, 4) is 66.8 Å². The topological polar surface area (TPSA) is 3.24 Å². The first-order valence-corrected chi connectivity index (χ1v) is 21.6. The van der Waals surface area contributed by atoms with Crippen LogP contribution in [0.1, 0.15) is 25.0 Å². The molecule has 0 unspecified atom stereocenters. The molecule has 0 saturated heterocycles. The van der Waals surface area contributed by atoms with Crippen molar-refractivity contribution in [1.29, 1.82) is 0 Å². The van der Waals surface area contributed by atoms with Crippen LogP contribution >= 0.6 is 0 Å². The van der Waals surface area contributed by atoms with Crippen molar-refractivity contribution < 1.29 is 0 Å². The Bertz CT molecular complexity index is 3190. The Labute approximate surface area is 364 Å². The van der Waals surface area contributed by atoms with Gasteiger partial charge in [-0.2, -0.15) is 0 Å². The van der Waals surface area contributed by atoms with Gasteiger partial charge in [0.05, 0.1) is 0 Å². The van der Waals surface area contributed by atoms with Crippen molar-refractivity contribution >= 4 is 27.8 Å². The fourth-order valence-electron chi connectivity index (χ4n) is 9.83. The lowest BCUT2D eigenvalue weighted by atomic mass is 9.79. The zero-order chi connectivity index (χ0) is 41.6.